The van der Waals surface area contributed by atoms with Crippen LogP contribution in [0.15, 0.2) is 18.2 Å². The van der Waals surface area contributed by atoms with Crippen LogP contribution in [0.1, 0.15) is 13.8 Å². The fraction of sp³-hybridized carbons (Fsp3) is 0.583. The Morgan fingerprint density at radius 2 is 1.88 bits per heavy atom. The van der Waals surface area contributed by atoms with E-state index in [0.29, 0.717) is 6.04 Å². The quantitative estimate of drug-likeness (QED) is 0.771. The monoisotopic (exact) mass is 222 g/mol. The highest BCUT2D eigenvalue weighted by Gasteiger charge is 2.04. The third-order valence-electron chi connectivity index (χ3n) is 2.57. The summed E-state index contributed by atoms with van der Waals surface area (Å²) in [7, 11) is 4.16. The van der Waals surface area contributed by atoms with Crippen LogP contribution in [0.2, 0.25) is 0 Å². The zero-order valence-corrected chi connectivity index (χ0v) is 10.6. The average molecular weight is 222 g/mol. The molecule has 0 bridgehead atoms. The summed E-state index contributed by atoms with van der Waals surface area (Å²) in [5, 5.41) is 6.53. The van der Waals surface area contributed by atoms with Gasteiger partial charge in [0.25, 0.3) is 0 Å². The highest BCUT2D eigenvalue weighted by atomic mass is 15.1. The van der Waals surface area contributed by atoms with E-state index in [1.165, 1.54) is 0 Å². The first-order chi connectivity index (χ1) is 7.63. The Hall–Kier alpha value is -1.29. The number of hydrogen-bond donors (Lipinski definition) is 2. The molecule has 0 aliphatic heterocycles. The average Bonchev–Trinajstić information content (AvgIpc) is 2.26. The molecule has 0 aromatic carbocycles. The number of nitrogens with zero attached hydrogens (tertiary/aromatic N) is 2. The van der Waals surface area contributed by atoms with Crippen molar-refractivity contribution in [2.45, 2.75) is 19.9 Å². The van der Waals surface area contributed by atoms with Crippen molar-refractivity contribution in [1.82, 2.24) is 9.88 Å². The van der Waals surface area contributed by atoms with Crippen molar-refractivity contribution in [3.05, 3.63) is 18.2 Å². The van der Waals surface area contributed by atoms with Crippen molar-refractivity contribution in [2.75, 3.05) is 37.8 Å². The van der Waals surface area contributed by atoms with Gasteiger partial charge in [-0.3, -0.25) is 0 Å². The van der Waals surface area contributed by atoms with Gasteiger partial charge in [0, 0.05) is 19.1 Å². The Kier molecular flexibility index (Phi) is 5.05. The molecule has 2 N–H and O–H groups in total. The second-order valence-electron chi connectivity index (χ2n) is 4.13. The van der Waals surface area contributed by atoms with Crippen LogP contribution in [0.25, 0.3) is 0 Å². The van der Waals surface area contributed by atoms with Crippen molar-refractivity contribution in [3.8, 4) is 0 Å². The van der Waals surface area contributed by atoms with Gasteiger partial charge < -0.3 is 15.5 Å². The van der Waals surface area contributed by atoms with E-state index in [0.717, 1.165) is 24.7 Å². The lowest BCUT2D eigenvalue weighted by atomic mass is 10.3. The van der Waals surface area contributed by atoms with Crippen LogP contribution in [0.3, 0.4) is 0 Å². The van der Waals surface area contributed by atoms with Gasteiger partial charge in [0.2, 0.25) is 0 Å². The molecule has 0 aliphatic rings. The van der Waals surface area contributed by atoms with E-state index in [1.807, 2.05) is 18.2 Å². The molecule has 1 aromatic rings. The first-order valence-corrected chi connectivity index (χ1v) is 5.74. The zero-order chi connectivity index (χ0) is 12.0. The standard InChI is InChI=1S/C12H22N4/c1-5-13-11-7-6-8-12(15-11)14-9-10(2)16(3)4/h6-8,10H,5,9H2,1-4H3,(H2,13,14,15). The molecule has 90 valence electrons. The Morgan fingerprint density at radius 1 is 1.25 bits per heavy atom. The summed E-state index contributed by atoms with van der Waals surface area (Å²) in [4.78, 5) is 6.63. The molecule has 0 amide bonds. The Morgan fingerprint density at radius 3 is 2.44 bits per heavy atom. The van der Waals surface area contributed by atoms with E-state index in [4.69, 9.17) is 0 Å². The van der Waals surface area contributed by atoms with Crippen LogP contribution in [-0.2, 0) is 0 Å². The van der Waals surface area contributed by atoms with E-state index in [9.17, 15) is 0 Å². The molecule has 0 aliphatic carbocycles. The Bertz CT molecular complexity index is 312. The second-order valence-corrected chi connectivity index (χ2v) is 4.13. The Balaban J connectivity index is 2.50. The van der Waals surface area contributed by atoms with Gasteiger partial charge in [0.15, 0.2) is 0 Å². The maximum absolute atomic E-state index is 4.45. The summed E-state index contributed by atoms with van der Waals surface area (Å²) >= 11 is 0. The van der Waals surface area contributed by atoms with E-state index < -0.39 is 0 Å². The number of likely N-dealkylation sites (N-methyl/N-ethyl adjacent to an activating group) is 1. The van der Waals surface area contributed by atoms with Gasteiger partial charge >= 0.3 is 0 Å². The van der Waals surface area contributed by atoms with Crippen LogP contribution >= 0.6 is 0 Å². The lowest BCUT2D eigenvalue weighted by molar-refractivity contribution is 0.326. The number of rotatable bonds is 6. The maximum atomic E-state index is 4.45. The van der Waals surface area contributed by atoms with Gasteiger partial charge in [-0.25, -0.2) is 4.98 Å². The molecular formula is C12H22N4. The van der Waals surface area contributed by atoms with Gasteiger partial charge in [-0.1, -0.05) is 6.07 Å². The summed E-state index contributed by atoms with van der Waals surface area (Å²) in [5.74, 6) is 1.84. The number of hydrogen-bond acceptors (Lipinski definition) is 4. The molecule has 0 radical (unpaired) electrons. The molecule has 4 heteroatoms. The van der Waals surface area contributed by atoms with Crippen LogP contribution in [0.4, 0.5) is 11.6 Å². The number of pyridine rings is 1. The van der Waals surface area contributed by atoms with Crippen molar-refractivity contribution < 1.29 is 0 Å². The summed E-state index contributed by atoms with van der Waals surface area (Å²) in [6.45, 7) is 6.04. The smallest absolute Gasteiger partial charge is 0.128 e. The summed E-state index contributed by atoms with van der Waals surface area (Å²) in [6, 6.07) is 6.46. The van der Waals surface area contributed by atoms with Gasteiger partial charge in [-0.05, 0) is 40.1 Å². The largest absolute Gasteiger partial charge is 0.370 e. The summed E-state index contributed by atoms with van der Waals surface area (Å²) < 4.78 is 0. The fourth-order valence-corrected chi connectivity index (χ4v) is 1.25. The second kappa shape index (κ2) is 6.33. The Labute approximate surface area is 98.1 Å². The molecule has 1 unspecified atom stereocenters. The van der Waals surface area contributed by atoms with E-state index >= 15 is 0 Å². The van der Waals surface area contributed by atoms with Gasteiger partial charge in [-0.2, -0.15) is 0 Å². The molecule has 0 saturated heterocycles. The minimum Gasteiger partial charge on any atom is -0.370 e. The van der Waals surface area contributed by atoms with Gasteiger partial charge in [-0.15, -0.1) is 0 Å². The number of nitrogens with one attached hydrogen (secondary N) is 2. The summed E-state index contributed by atoms with van der Waals surface area (Å²) in [6.07, 6.45) is 0. The van der Waals surface area contributed by atoms with Crippen molar-refractivity contribution in [3.63, 3.8) is 0 Å². The van der Waals surface area contributed by atoms with Crippen molar-refractivity contribution in [2.24, 2.45) is 0 Å². The van der Waals surface area contributed by atoms with Crippen LogP contribution in [0.5, 0.6) is 0 Å². The van der Waals surface area contributed by atoms with E-state index in [2.05, 4.69) is 48.5 Å². The highest BCUT2D eigenvalue weighted by Crippen LogP contribution is 2.09. The third kappa shape index (κ3) is 4.06. The van der Waals surface area contributed by atoms with Crippen LogP contribution in [0, 0.1) is 0 Å². The molecule has 1 atom stereocenters. The SMILES string of the molecule is CCNc1cccc(NCC(C)N(C)C)n1. The number of anilines is 2. The molecule has 1 rings (SSSR count). The van der Waals surface area contributed by atoms with Crippen LogP contribution in [-0.4, -0.2) is 43.1 Å². The lowest BCUT2D eigenvalue weighted by Gasteiger charge is -2.20. The molecule has 1 aromatic heterocycles. The van der Waals surface area contributed by atoms with E-state index in [1.54, 1.807) is 0 Å². The predicted octanol–water partition coefficient (Wildman–Crippen LogP) is 1.88. The molecule has 1 heterocycles. The molecule has 0 fully saturated rings. The summed E-state index contributed by atoms with van der Waals surface area (Å²) in [5.41, 5.74) is 0. The maximum Gasteiger partial charge on any atom is 0.128 e. The molecule has 4 nitrogen and oxygen atoms in total. The van der Waals surface area contributed by atoms with E-state index in [-0.39, 0.29) is 0 Å². The molecular weight excluding hydrogens is 200 g/mol. The van der Waals surface area contributed by atoms with Crippen molar-refractivity contribution >= 4 is 11.6 Å². The minimum atomic E-state index is 0.490. The lowest BCUT2D eigenvalue weighted by Crippen LogP contribution is -2.31. The molecule has 16 heavy (non-hydrogen) atoms. The highest BCUT2D eigenvalue weighted by molar-refractivity contribution is 5.45. The molecule has 0 saturated carbocycles. The first kappa shape index (κ1) is 12.8. The minimum absolute atomic E-state index is 0.490. The first-order valence-electron chi connectivity index (χ1n) is 5.74. The molecule has 0 spiro atoms. The zero-order valence-electron chi connectivity index (χ0n) is 10.6. The van der Waals surface area contributed by atoms with Crippen LogP contribution < -0.4 is 10.6 Å². The van der Waals surface area contributed by atoms with Gasteiger partial charge in [0.1, 0.15) is 11.6 Å². The van der Waals surface area contributed by atoms with Crippen molar-refractivity contribution in [1.29, 1.82) is 0 Å². The predicted molar refractivity (Wildman–Crippen MR) is 70.0 cm³/mol. The topological polar surface area (TPSA) is 40.2 Å². The third-order valence-corrected chi connectivity index (χ3v) is 2.57. The normalized spacial score (nSPS) is 12.6. The fourth-order valence-electron chi connectivity index (χ4n) is 1.25. The number of aromatic nitrogens is 1. The van der Waals surface area contributed by atoms with Gasteiger partial charge in [0.05, 0.1) is 0 Å².